The lowest BCUT2D eigenvalue weighted by Crippen LogP contribution is -2.31. The minimum Gasteiger partial charge on any atom is -0.351 e. The van der Waals surface area contributed by atoms with Gasteiger partial charge in [0.1, 0.15) is 11.9 Å². The maximum Gasteiger partial charge on any atom is 0.174 e. The van der Waals surface area contributed by atoms with Gasteiger partial charge in [-0.3, -0.25) is 4.98 Å². The number of hydrogen-bond donors (Lipinski definition) is 1. The molecule has 1 saturated heterocycles. The molecular formula is C24H25FN4S. The van der Waals surface area contributed by atoms with Crippen molar-refractivity contribution in [1.29, 1.82) is 0 Å². The lowest BCUT2D eigenvalue weighted by molar-refractivity contribution is 0.340. The number of nitrogens with one attached hydrogen (secondary N) is 1. The molecule has 0 unspecified atom stereocenters. The molecule has 0 bridgehead atoms. The second-order valence-electron chi connectivity index (χ2n) is 8.11. The molecule has 5 rings (SSSR count). The van der Waals surface area contributed by atoms with Gasteiger partial charge in [-0.25, -0.2) is 4.39 Å². The molecule has 0 spiro atoms. The molecule has 0 amide bonds. The summed E-state index contributed by atoms with van der Waals surface area (Å²) < 4.78 is 16.0. The highest BCUT2D eigenvalue weighted by Gasteiger charge is 2.42. The van der Waals surface area contributed by atoms with Crippen LogP contribution >= 0.6 is 12.2 Å². The predicted molar refractivity (Wildman–Crippen MR) is 121 cm³/mol. The Labute approximate surface area is 181 Å². The molecule has 3 aromatic rings. The molecule has 4 nitrogen and oxygen atoms in total. The van der Waals surface area contributed by atoms with E-state index >= 15 is 0 Å². The van der Waals surface area contributed by atoms with Gasteiger partial charge in [0, 0.05) is 29.8 Å². The Bertz CT molecular complexity index is 1010. The molecule has 1 saturated carbocycles. The van der Waals surface area contributed by atoms with E-state index in [0.29, 0.717) is 11.2 Å². The van der Waals surface area contributed by atoms with Gasteiger partial charge in [-0.2, -0.15) is 0 Å². The molecule has 0 radical (unpaired) electrons. The molecule has 1 aliphatic heterocycles. The quantitative estimate of drug-likeness (QED) is 0.549. The Balaban J connectivity index is 1.61. The lowest BCUT2D eigenvalue weighted by Gasteiger charge is -2.32. The van der Waals surface area contributed by atoms with Crippen LogP contribution < -0.4 is 10.2 Å². The summed E-state index contributed by atoms with van der Waals surface area (Å²) in [6, 6.07) is 17.2. The first kappa shape index (κ1) is 19.2. The Morgan fingerprint density at radius 2 is 1.77 bits per heavy atom. The summed E-state index contributed by atoms with van der Waals surface area (Å²) in [4.78, 5) is 6.74. The van der Waals surface area contributed by atoms with E-state index in [4.69, 9.17) is 12.2 Å². The number of halogens is 1. The van der Waals surface area contributed by atoms with E-state index in [2.05, 4.69) is 38.1 Å². The number of rotatable bonds is 4. The largest absolute Gasteiger partial charge is 0.351 e. The van der Waals surface area contributed by atoms with E-state index < -0.39 is 0 Å². The summed E-state index contributed by atoms with van der Waals surface area (Å²) in [6.07, 6.45) is 10.3. The summed E-state index contributed by atoms with van der Waals surface area (Å²) in [5, 5.41) is 4.13. The highest BCUT2D eigenvalue weighted by Crippen LogP contribution is 2.43. The van der Waals surface area contributed by atoms with Crippen molar-refractivity contribution in [3.8, 4) is 0 Å². The maximum absolute atomic E-state index is 13.6. The number of benzene rings is 1. The monoisotopic (exact) mass is 420 g/mol. The number of anilines is 1. The van der Waals surface area contributed by atoms with Gasteiger partial charge in [-0.15, -0.1) is 0 Å². The van der Waals surface area contributed by atoms with E-state index in [9.17, 15) is 4.39 Å². The predicted octanol–water partition coefficient (Wildman–Crippen LogP) is 5.70. The number of thiocarbonyl (C=S) groups is 1. The van der Waals surface area contributed by atoms with E-state index in [-0.39, 0.29) is 17.9 Å². The molecule has 30 heavy (non-hydrogen) atoms. The number of nitrogens with zero attached hydrogens (tertiary/aromatic N) is 3. The molecule has 1 aromatic carbocycles. The van der Waals surface area contributed by atoms with Crippen molar-refractivity contribution in [3.05, 3.63) is 84.2 Å². The van der Waals surface area contributed by atoms with Crippen molar-refractivity contribution in [2.45, 2.75) is 50.2 Å². The van der Waals surface area contributed by atoms with Gasteiger partial charge in [0.25, 0.3) is 0 Å². The van der Waals surface area contributed by atoms with Crippen LogP contribution in [0.1, 0.15) is 61.6 Å². The van der Waals surface area contributed by atoms with Crippen LogP contribution in [0.15, 0.2) is 67.0 Å². The molecule has 2 atom stereocenters. The highest BCUT2D eigenvalue weighted by molar-refractivity contribution is 7.80. The zero-order valence-corrected chi connectivity index (χ0v) is 17.6. The minimum atomic E-state index is -0.250. The van der Waals surface area contributed by atoms with E-state index in [1.165, 1.54) is 49.9 Å². The average molecular weight is 421 g/mol. The molecule has 2 fully saturated rings. The topological polar surface area (TPSA) is 33.1 Å². The molecular weight excluding hydrogens is 395 g/mol. The molecule has 3 heterocycles. The zero-order chi connectivity index (χ0) is 20.5. The number of pyridine rings is 1. The van der Waals surface area contributed by atoms with Crippen LogP contribution in [0.5, 0.6) is 0 Å². The van der Waals surface area contributed by atoms with Gasteiger partial charge in [0.2, 0.25) is 0 Å². The van der Waals surface area contributed by atoms with Crippen molar-refractivity contribution in [3.63, 3.8) is 0 Å². The average Bonchev–Trinajstić information content (AvgIpc) is 3.40. The van der Waals surface area contributed by atoms with Crippen LogP contribution in [0.4, 0.5) is 10.1 Å². The Hall–Kier alpha value is -2.73. The van der Waals surface area contributed by atoms with Crippen LogP contribution in [0.3, 0.4) is 0 Å². The lowest BCUT2D eigenvalue weighted by atomic mass is 9.94. The van der Waals surface area contributed by atoms with Gasteiger partial charge in [-0.1, -0.05) is 25.3 Å². The Kier molecular flexibility index (Phi) is 5.25. The number of aromatic nitrogens is 2. The smallest absolute Gasteiger partial charge is 0.174 e. The van der Waals surface area contributed by atoms with Crippen LogP contribution in [0.25, 0.3) is 0 Å². The Morgan fingerprint density at radius 3 is 2.50 bits per heavy atom. The second kappa shape index (κ2) is 8.19. The van der Waals surface area contributed by atoms with Gasteiger partial charge in [-0.05, 0) is 73.6 Å². The Morgan fingerprint density at radius 1 is 0.967 bits per heavy atom. The first-order valence-corrected chi connectivity index (χ1v) is 11.1. The summed E-state index contributed by atoms with van der Waals surface area (Å²) in [6.45, 7) is 0. The third-order valence-electron chi connectivity index (χ3n) is 6.29. The standard InChI is InChI=1S/C24H25FN4S/c25-17-11-13-19(14-12-17)29-23(22(27-24(29)30)20-9-4-5-15-26-20)21-10-6-16-28(21)18-7-2-1-3-8-18/h4-6,9-16,18,22-23H,1-3,7-8H2,(H,27,30)/t22-,23+/m1/s1. The van der Waals surface area contributed by atoms with E-state index in [0.717, 1.165) is 11.4 Å². The summed E-state index contributed by atoms with van der Waals surface area (Å²) >= 11 is 5.77. The summed E-state index contributed by atoms with van der Waals surface area (Å²) in [5.74, 6) is -0.250. The summed E-state index contributed by atoms with van der Waals surface area (Å²) in [5.41, 5.74) is 3.05. The molecule has 1 aliphatic carbocycles. The van der Waals surface area contributed by atoms with Gasteiger partial charge in [0.15, 0.2) is 5.11 Å². The maximum atomic E-state index is 13.6. The van der Waals surface area contributed by atoms with Crippen molar-refractivity contribution in [1.82, 2.24) is 14.9 Å². The van der Waals surface area contributed by atoms with Crippen LogP contribution in [-0.4, -0.2) is 14.7 Å². The fourth-order valence-corrected chi connectivity index (χ4v) is 5.23. The van der Waals surface area contributed by atoms with Crippen LogP contribution in [0, 0.1) is 5.82 Å². The molecule has 1 N–H and O–H groups in total. The van der Waals surface area contributed by atoms with Gasteiger partial charge in [0.05, 0.1) is 11.7 Å². The van der Waals surface area contributed by atoms with Crippen molar-refractivity contribution < 1.29 is 4.39 Å². The molecule has 2 aromatic heterocycles. The first-order valence-electron chi connectivity index (χ1n) is 10.7. The SMILES string of the molecule is Fc1ccc(N2C(=S)N[C@H](c3ccccn3)[C@@H]2c2cccn2C2CCCCC2)cc1. The van der Waals surface area contributed by atoms with Crippen molar-refractivity contribution >= 4 is 23.0 Å². The van der Waals surface area contributed by atoms with Gasteiger partial charge < -0.3 is 14.8 Å². The van der Waals surface area contributed by atoms with E-state index in [1.807, 2.05) is 24.4 Å². The molecule has 2 aliphatic rings. The third-order valence-corrected chi connectivity index (χ3v) is 6.60. The second-order valence-corrected chi connectivity index (χ2v) is 8.49. The molecule has 154 valence electrons. The van der Waals surface area contributed by atoms with Crippen LogP contribution in [-0.2, 0) is 0 Å². The summed E-state index contributed by atoms with van der Waals surface area (Å²) in [7, 11) is 0. The normalized spacial score (nSPS) is 22.3. The van der Waals surface area contributed by atoms with Crippen molar-refractivity contribution in [2.24, 2.45) is 0 Å². The fraction of sp³-hybridized carbons (Fsp3) is 0.333. The highest BCUT2D eigenvalue weighted by atomic mass is 32.1. The fourth-order valence-electron chi connectivity index (χ4n) is 4.88. The van der Waals surface area contributed by atoms with E-state index in [1.54, 1.807) is 12.1 Å². The first-order chi connectivity index (χ1) is 14.7. The third kappa shape index (κ3) is 3.49. The van der Waals surface area contributed by atoms with Crippen LogP contribution in [0.2, 0.25) is 0 Å². The zero-order valence-electron chi connectivity index (χ0n) is 16.7. The number of hydrogen-bond acceptors (Lipinski definition) is 2. The molecule has 6 heteroatoms. The minimum absolute atomic E-state index is 0.0604. The van der Waals surface area contributed by atoms with Crippen molar-refractivity contribution in [2.75, 3.05) is 4.90 Å². The van der Waals surface area contributed by atoms with Gasteiger partial charge >= 0.3 is 0 Å².